The van der Waals surface area contributed by atoms with E-state index in [1.807, 2.05) is 6.08 Å². The SMILES string of the molecule is CC/C=C\C/C=C\C/C=C\C/C=C\C/C=C\CCCCCCCCCCCCCCCCCCCCCCCC(=O)NC(COC1OC(CO)C(OC2OC(CO)C(OC3OC(CO)C(O)C(O)C3O)C(O)C2O)C(O)C1O)C(O)/C=C/CC/C=C/CCCCCCCCCCCCCCCCCCCCCCCCCCC. The summed E-state index contributed by atoms with van der Waals surface area (Å²) >= 11 is 0. The van der Waals surface area contributed by atoms with Crippen molar-refractivity contribution in [1.82, 2.24) is 5.32 Å². The van der Waals surface area contributed by atoms with E-state index >= 15 is 0 Å². The van der Waals surface area contributed by atoms with Crippen molar-refractivity contribution in [2.75, 3.05) is 26.4 Å². The molecular weight excluding hydrogens is 1430 g/mol. The van der Waals surface area contributed by atoms with Crippen LogP contribution in [0.5, 0.6) is 0 Å². The lowest BCUT2D eigenvalue weighted by Gasteiger charge is -2.48. The minimum atomic E-state index is -1.98. The Bertz CT molecular complexity index is 2370. The molecule has 0 radical (unpaired) electrons. The van der Waals surface area contributed by atoms with E-state index in [1.54, 1.807) is 6.08 Å². The van der Waals surface area contributed by atoms with Crippen LogP contribution in [0.25, 0.3) is 0 Å². The summed E-state index contributed by atoms with van der Waals surface area (Å²) < 4.78 is 34.5. The van der Waals surface area contributed by atoms with Gasteiger partial charge in [-0.05, 0) is 77.0 Å². The average Bonchev–Trinajstić information content (AvgIpc) is 0.779. The molecule has 0 aromatic rings. The van der Waals surface area contributed by atoms with Crippen LogP contribution in [0.2, 0.25) is 0 Å². The zero-order chi connectivity index (χ0) is 81.7. The van der Waals surface area contributed by atoms with Crippen LogP contribution in [-0.4, -0.2) is 193 Å². The van der Waals surface area contributed by atoms with E-state index < -0.39 is 124 Å². The summed E-state index contributed by atoms with van der Waals surface area (Å²) in [4.78, 5) is 13.5. The zero-order valence-corrected chi connectivity index (χ0v) is 71.1. The predicted molar refractivity (Wildman–Crippen MR) is 457 cm³/mol. The van der Waals surface area contributed by atoms with Gasteiger partial charge in [0.05, 0.1) is 38.6 Å². The Hall–Kier alpha value is -3.03. The maximum Gasteiger partial charge on any atom is 0.220 e. The van der Waals surface area contributed by atoms with Gasteiger partial charge in [0.1, 0.15) is 73.2 Å². The van der Waals surface area contributed by atoms with Crippen molar-refractivity contribution in [3.63, 3.8) is 0 Å². The summed E-state index contributed by atoms with van der Waals surface area (Å²) in [7, 11) is 0. The molecule has 3 rings (SSSR count). The van der Waals surface area contributed by atoms with Gasteiger partial charge in [-0.25, -0.2) is 0 Å². The lowest BCUT2D eigenvalue weighted by atomic mass is 9.96. The number of carbonyl (C=O) groups is 1. The van der Waals surface area contributed by atoms with Crippen LogP contribution in [0.3, 0.4) is 0 Å². The summed E-state index contributed by atoms with van der Waals surface area (Å²) in [5.41, 5.74) is 0. The molecule has 0 bridgehead atoms. The number of amides is 1. The topological polar surface area (TPSA) is 307 Å². The van der Waals surface area contributed by atoms with Gasteiger partial charge in [0.15, 0.2) is 18.9 Å². The van der Waals surface area contributed by atoms with E-state index in [0.29, 0.717) is 12.8 Å². The van der Waals surface area contributed by atoms with E-state index in [0.717, 1.165) is 70.6 Å². The Morgan fingerprint density at radius 1 is 0.327 bits per heavy atom. The van der Waals surface area contributed by atoms with E-state index in [2.05, 4.69) is 92.1 Å². The number of nitrogens with one attached hydrogen (secondary N) is 1. The lowest BCUT2D eigenvalue weighted by Crippen LogP contribution is -2.66. The highest BCUT2D eigenvalue weighted by Crippen LogP contribution is 2.34. The molecular formula is C94H169NO18. The van der Waals surface area contributed by atoms with Crippen LogP contribution < -0.4 is 5.32 Å². The quantitative estimate of drug-likeness (QED) is 0.0199. The third-order valence-electron chi connectivity index (χ3n) is 22.7. The number of unbranched alkanes of at least 4 members (excludes halogenated alkanes) is 47. The van der Waals surface area contributed by atoms with E-state index in [4.69, 9.17) is 28.4 Å². The fraction of sp³-hybridized carbons (Fsp3) is 0.840. The van der Waals surface area contributed by atoms with Gasteiger partial charge in [-0.15, -0.1) is 0 Å². The number of aliphatic hydroxyl groups excluding tert-OH is 11. The van der Waals surface area contributed by atoms with Gasteiger partial charge in [-0.1, -0.05) is 375 Å². The fourth-order valence-corrected chi connectivity index (χ4v) is 15.4. The first-order chi connectivity index (χ1) is 55.3. The van der Waals surface area contributed by atoms with Crippen LogP contribution in [0, 0.1) is 0 Å². The third-order valence-corrected chi connectivity index (χ3v) is 22.7. The minimum absolute atomic E-state index is 0.236. The summed E-state index contributed by atoms with van der Waals surface area (Å²) in [6.07, 6.45) is 73.2. The molecule has 19 nitrogen and oxygen atoms in total. The molecule has 1 amide bonds. The fourth-order valence-electron chi connectivity index (χ4n) is 15.4. The number of aliphatic hydroxyl groups is 11. The number of rotatable bonds is 75. The van der Waals surface area contributed by atoms with Crippen molar-refractivity contribution in [1.29, 1.82) is 0 Å². The van der Waals surface area contributed by atoms with E-state index in [-0.39, 0.29) is 18.9 Å². The molecule has 3 aliphatic heterocycles. The Kier molecular flexibility index (Phi) is 67.2. The Morgan fingerprint density at radius 2 is 0.619 bits per heavy atom. The number of carbonyl (C=O) groups excluding carboxylic acids is 1. The van der Waals surface area contributed by atoms with E-state index in [9.17, 15) is 61.0 Å². The number of hydrogen-bond donors (Lipinski definition) is 12. The molecule has 12 N–H and O–H groups in total. The number of ether oxygens (including phenoxy) is 6. The highest BCUT2D eigenvalue weighted by molar-refractivity contribution is 5.76. The van der Waals surface area contributed by atoms with Crippen LogP contribution >= 0.6 is 0 Å². The van der Waals surface area contributed by atoms with Crippen molar-refractivity contribution in [2.45, 2.75) is 478 Å². The summed E-state index contributed by atoms with van der Waals surface area (Å²) in [5, 5.41) is 121. The van der Waals surface area contributed by atoms with Crippen molar-refractivity contribution in [3.05, 3.63) is 85.1 Å². The lowest BCUT2D eigenvalue weighted by molar-refractivity contribution is -0.379. The standard InChI is InChI=1S/C94H169NO18/c1-3-5-7-9-11-13-15-17-19-21-23-25-27-29-31-33-35-36-37-38-39-40-42-44-46-48-50-52-54-56-58-60-62-64-66-68-70-72-82(100)95-77(78(99)71-69-67-65-63-61-59-57-55-53-51-49-47-45-43-41-34-32-30-28-26-24-22-20-18-16-14-12-10-8-6-4-2)76-108-92-88(106)85(103)90(80(74-97)110-92)113-94-89(107)86(104)91(81(75-98)111-94)112-93-87(105)84(102)83(101)79(73-96)109-93/h5,7,11,13,17,19,23,25,29,31,61,63,69,71,77-81,83-94,96-99,101-107H,3-4,6,8-10,12,14-16,18,20-22,24,26-28,30,32-60,62,64-68,70,72-76H2,1-2H3,(H,95,100)/b7-5-,13-11-,19-17-,25-23-,31-29-,63-61+,71-69+. The second-order valence-corrected chi connectivity index (χ2v) is 32.7. The molecule has 0 saturated carbocycles. The normalized spacial score (nSPS) is 25.2. The van der Waals surface area contributed by atoms with Gasteiger partial charge in [-0.2, -0.15) is 0 Å². The number of allylic oxidation sites excluding steroid dienone is 13. The highest BCUT2D eigenvalue weighted by Gasteiger charge is 2.54. The van der Waals surface area contributed by atoms with Crippen molar-refractivity contribution < 1.29 is 89.4 Å². The van der Waals surface area contributed by atoms with Gasteiger partial charge in [0.25, 0.3) is 0 Å². The molecule has 3 saturated heterocycles. The predicted octanol–water partition coefficient (Wildman–Crippen LogP) is 18.1. The van der Waals surface area contributed by atoms with Crippen LogP contribution in [0.4, 0.5) is 0 Å². The second kappa shape index (κ2) is 72.9. The Labute approximate surface area is 686 Å². The maximum atomic E-state index is 13.5. The summed E-state index contributed by atoms with van der Waals surface area (Å²) in [6, 6.07) is -0.994. The first kappa shape index (κ1) is 104. The first-order valence-electron chi connectivity index (χ1n) is 46.3. The third kappa shape index (κ3) is 51.3. The maximum absolute atomic E-state index is 13.5. The molecule has 3 heterocycles. The molecule has 0 aromatic heterocycles. The molecule has 0 spiro atoms. The monoisotopic (exact) mass is 1600 g/mol. The van der Waals surface area contributed by atoms with Crippen LogP contribution in [0.15, 0.2) is 85.1 Å². The van der Waals surface area contributed by atoms with Crippen LogP contribution in [-0.2, 0) is 33.2 Å². The van der Waals surface area contributed by atoms with Gasteiger partial charge < -0.3 is 89.9 Å². The molecule has 0 aromatic carbocycles. The van der Waals surface area contributed by atoms with Gasteiger partial charge in [-0.3, -0.25) is 4.79 Å². The van der Waals surface area contributed by atoms with Crippen molar-refractivity contribution in [2.24, 2.45) is 0 Å². The largest absolute Gasteiger partial charge is 0.394 e. The zero-order valence-electron chi connectivity index (χ0n) is 71.1. The number of hydrogen-bond acceptors (Lipinski definition) is 18. The first-order valence-corrected chi connectivity index (χ1v) is 46.3. The Morgan fingerprint density at radius 3 is 0.991 bits per heavy atom. The summed E-state index contributed by atoms with van der Waals surface area (Å²) in [5.74, 6) is -0.280. The van der Waals surface area contributed by atoms with Crippen molar-refractivity contribution >= 4 is 5.91 Å². The van der Waals surface area contributed by atoms with E-state index in [1.165, 1.54) is 270 Å². The minimum Gasteiger partial charge on any atom is -0.394 e. The molecule has 658 valence electrons. The van der Waals surface area contributed by atoms with Crippen LogP contribution in [0.1, 0.15) is 373 Å². The molecule has 19 heteroatoms. The molecule has 17 unspecified atom stereocenters. The average molecular weight is 1600 g/mol. The molecule has 0 aliphatic carbocycles. The van der Waals surface area contributed by atoms with Gasteiger partial charge in [0, 0.05) is 6.42 Å². The van der Waals surface area contributed by atoms with Crippen molar-refractivity contribution in [3.8, 4) is 0 Å². The molecule has 17 atom stereocenters. The van der Waals surface area contributed by atoms with Gasteiger partial charge in [0.2, 0.25) is 5.91 Å². The smallest absolute Gasteiger partial charge is 0.220 e. The Balaban J connectivity index is 1.32. The molecule has 3 aliphatic rings. The molecule has 113 heavy (non-hydrogen) atoms. The summed E-state index contributed by atoms with van der Waals surface area (Å²) in [6.45, 7) is 1.66. The van der Waals surface area contributed by atoms with Gasteiger partial charge >= 0.3 is 0 Å². The highest BCUT2D eigenvalue weighted by atomic mass is 16.8. The second-order valence-electron chi connectivity index (χ2n) is 32.7. The molecule has 3 fully saturated rings.